The van der Waals surface area contributed by atoms with Gasteiger partial charge in [-0.25, -0.2) is 14.4 Å². The van der Waals surface area contributed by atoms with Crippen molar-refractivity contribution in [2.24, 2.45) is 7.05 Å². The highest BCUT2D eigenvalue weighted by molar-refractivity contribution is 5.88. The van der Waals surface area contributed by atoms with Gasteiger partial charge in [-0.3, -0.25) is 9.58 Å². The SMILES string of the molecule is Cn1ncc(C(=O)O)c1CN(C(=O)OCC1c2ccccc2-c2ccccc21)[C@@H]1CCCC[C@H]1NC(=O)OC(C)(C)C. The lowest BCUT2D eigenvalue weighted by Crippen LogP contribution is -2.55. The molecule has 1 saturated carbocycles. The number of rotatable bonds is 7. The second-order valence-electron chi connectivity index (χ2n) is 12.0. The summed E-state index contributed by atoms with van der Waals surface area (Å²) in [4.78, 5) is 40.3. The molecule has 2 aliphatic carbocycles. The maximum Gasteiger partial charge on any atom is 0.410 e. The van der Waals surface area contributed by atoms with Gasteiger partial charge in [-0.1, -0.05) is 61.4 Å². The highest BCUT2D eigenvalue weighted by Gasteiger charge is 2.38. The van der Waals surface area contributed by atoms with Gasteiger partial charge in [0.1, 0.15) is 17.8 Å². The first-order valence-electron chi connectivity index (χ1n) is 14.4. The van der Waals surface area contributed by atoms with E-state index in [2.05, 4.69) is 34.7 Å². The molecule has 0 spiro atoms. The van der Waals surface area contributed by atoms with Gasteiger partial charge in [0.25, 0.3) is 0 Å². The molecule has 10 nitrogen and oxygen atoms in total. The van der Waals surface area contributed by atoms with E-state index < -0.39 is 35.8 Å². The number of aromatic carboxylic acids is 1. The largest absolute Gasteiger partial charge is 0.478 e. The Hall–Kier alpha value is -4.34. The number of hydrogen-bond acceptors (Lipinski definition) is 6. The lowest BCUT2D eigenvalue weighted by molar-refractivity contribution is 0.0363. The second-order valence-corrected chi connectivity index (χ2v) is 12.0. The third-order valence-electron chi connectivity index (χ3n) is 8.01. The number of nitrogens with one attached hydrogen (secondary N) is 1. The number of alkyl carbamates (subject to hydrolysis) is 1. The topological polar surface area (TPSA) is 123 Å². The average molecular weight is 575 g/mol. The van der Waals surface area contributed by atoms with Crippen LogP contribution in [0.5, 0.6) is 0 Å². The van der Waals surface area contributed by atoms with Gasteiger partial charge in [-0.2, -0.15) is 5.10 Å². The van der Waals surface area contributed by atoms with Crippen LogP contribution in [0, 0.1) is 0 Å². The van der Waals surface area contributed by atoms with Crippen LogP contribution in [0.25, 0.3) is 11.1 Å². The molecule has 0 unspecified atom stereocenters. The van der Waals surface area contributed by atoms with Crippen molar-refractivity contribution in [3.8, 4) is 11.1 Å². The first kappa shape index (κ1) is 29.2. The Balaban J connectivity index is 1.42. The Kier molecular flexibility index (Phi) is 8.24. The van der Waals surface area contributed by atoms with E-state index in [1.807, 2.05) is 24.3 Å². The molecular weight excluding hydrogens is 536 g/mol. The number of carbonyl (C=O) groups excluding carboxylic acids is 2. The van der Waals surface area contributed by atoms with Crippen molar-refractivity contribution >= 4 is 18.2 Å². The number of amides is 2. The van der Waals surface area contributed by atoms with Gasteiger partial charge in [0.15, 0.2) is 0 Å². The van der Waals surface area contributed by atoms with E-state index in [0.717, 1.165) is 35.1 Å². The summed E-state index contributed by atoms with van der Waals surface area (Å²) in [6.07, 6.45) is 3.14. The van der Waals surface area contributed by atoms with Crippen molar-refractivity contribution in [1.82, 2.24) is 20.0 Å². The Labute approximate surface area is 245 Å². The van der Waals surface area contributed by atoms with Crippen LogP contribution < -0.4 is 5.32 Å². The molecule has 2 N–H and O–H groups in total. The van der Waals surface area contributed by atoms with Gasteiger partial charge < -0.3 is 19.9 Å². The number of carboxylic acids is 1. The maximum absolute atomic E-state index is 14.0. The van der Waals surface area contributed by atoms with Crippen LogP contribution in [0.2, 0.25) is 0 Å². The summed E-state index contributed by atoms with van der Waals surface area (Å²) in [5, 5.41) is 16.9. The number of ether oxygens (including phenoxy) is 2. The number of hydrogen-bond donors (Lipinski definition) is 2. The van der Waals surface area contributed by atoms with Gasteiger partial charge in [-0.15, -0.1) is 0 Å². The highest BCUT2D eigenvalue weighted by Crippen LogP contribution is 2.44. The highest BCUT2D eigenvalue weighted by atomic mass is 16.6. The zero-order chi connectivity index (χ0) is 30.0. The van der Waals surface area contributed by atoms with Crippen LogP contribution in [-0.2, 0) is 23.1 Å². The minimum atomic E-state index is -1.13. The maximum atomic E-state index is 14.0. The molecule has 2 atom stereocenters. The van der Waals surface area contributed by atoms with Crippen molar-refractivity contribution < 1.29 is 29.0 Å². The fourth-order valence-electron chi connectivity index (χ4n) is 6.10. The molecule has 0 bridgehead atoms. The molecule has 0 aliphatic heterocycles. The number of nitrogens with zero attached hydrogens (tertiary/aromatic N) is 3. The lowest BCUT2D eigenvalue weighted by Gasteiger charge is -2.40. The number of carbonyl (C=O) groups is 3. The van der Waals surface area contributed by atoms with Crippen molar-refractivity contribution in [1.29, 1.82) is 0 Å². The molecule has 3 aromatic rings. The third-order valence-corrected chi connectivity index (χ3v) is 8.01. The van der Waals surface area contributed by atoms with Gasteiger partial charge in [-0.05, 0) is 55.9 Å². The Bertz CT molecular complexity index is 1430. The number of aryl methyl sites for hydroxylation is 1. The standard InChI is InChI=1S/C32H38N4O6/c1-32(2,3)42-30(39)34-26-15-9-10-16-27(26)36(18-28-24(29(37)38)17-33-35(28)4)31(40)41-19-25-22-13-7-5-11-20(22)21-12-6-8-14-23(21)25/h5-8,11-14,17,25-27H,9-10,15-16,18-19H2,1-4H3,(H,34,39)(H,37,38)/t26-,27-/m1/s1. The van der Waals surface area contributed by atoms with Crippen molar-refractivity contribution in [2.45, 2.75) is 76.6 Å². The van der Waals surface area contributed by atoms with Crippen LogP contribution >= 0.6 is 0 Å². The molecule has 5 rings (SSSR count). The Morgan fingerprint density at radius 3 is 2.26 bits per heavy atom. The van der Waals surface area contributed by atoms with Crippen LogP contribution in [0.4, 0.5) is 9.59 Å². The van der Waals surface area contributed by atoms with E-state index >= 15 is 0 Å². The summed E-state index contributed by atoms with van der Waals surface area (Å²) in [6.45, 7) is 5.47. The first-order chi connectivity index (χ1) is 20.0. The molecule has 1 heterocycles. The fraction of sp³-hybridized carbons (Fsp3) is 0.438. The predicted molar refractivity (Wildman–Crippen MR) is 156 cm³/mol. The van der Waals surface area contributed by atoms with E-state index in [-0.39, 0.29) is 24.6 Å². The van der Waals surface area contributed by atoms with Crippen molar-refractivity contribution in [2.75, 3.05) is 6.61 Å². The number of benzene rings is 2. The summed E-state index contributed by atoms with van der Waals surface area (Å²) in [5.41, 5.74) is 4.16. The molecular formula is C32H38N4O6. The van der Waals surface area contributed by atoms with E-state index in [1.165, 1.54) is 10.9 Å². The van der Waals surface area contributed by atoms with Crippen LogP contribution in [0.1, 0.15) is 79.6 Å². The molecule has 2 amide bonds. The van der Waals surface area contributed by atoms with Crippen molar-refractivity contribution in [3.63, 3.8) is 0 Å². The Morgan fingerprint density at radius 2 is 1.64 bits per heavy atom. The summed E-state index contributed by atoms with van der Waals surface area (Å²) in [5.74, 6) is -1.26. The zero-order valence-electron chi connectivity index (χ0n) is 24.5. The monoisotopic (exact) mass is 574 g/mol. The molecule has 1 fully saturated rings. The van der Waals surface area contributed by atoms with Gasteiger partial charge in [0.05, 0.1) is 30.5 Å². The molecule has 2 aliphatic rings. The second kappa shape index (κ2) is 11.9. The number of aromatic nitrogens is 2. The Morgan fingerprint density at radius 1 is 1.02 bits per heavy atom. The smallest absolute Gasteiger partial charge is 0.410 e. The molecule has 1 aromatic heterocycles. The molecule has 0 radical (unpaired) electrons. The van der Waals surface area contributed by atoms with Crippen LogP contribution in [0.3, 0.4) is 0 Å². The number of carboxylic acid groups (broad SMARTS) is 1. The normalized spacial score (nSPS) is 18.1. The molecule has 10 heteroatoms. The van der Waals surface area contributed by atoms with Crippen LogP contribution in [0.15, 0.2) is 54.7 Å². The van der Waals surface area contributed by atoms with E-state index in [1.54, 1.807) is 32.7 Å². The van der Waals surface area contributed by atoms with Gasteiger partial charge >= 0.3 is 18.2 Å². The third kappa shape index (κ3) is 6.12. The fourth-order valence-corrected chi connectivity index (χ4v) is 6.10. The molecule has 0 saturated heterocycles. The summed E-state index contributed by atoms with van der Waals surface area (Å²) < 4.78 is 13.0. The van der Waals surface area contributed by atoms with Gasteiger partial charge in [0, 0.05) is 13.0 Å². The minimum Gasteiger partial charge on any atom is -0.478 e. The zero-order valence-corrected chi connectivity index (χ0v) is 24.5. The van der Waals surface area contributed by atoms with Gasteiger partial charge in [0.2, 0.25) is 0 Å². The number of fused-ring (bicyclic) bond motifs is 3. The predicted octanol–water partition coefficient (Wildman–Crippen LogP) is 5.71. The summed E-state index contributed by atoms with van der Waals surface area (Å²) in [6, 6.07) is 15.4. The molecule has 222 valence electrons. The quantitative estimate of drug-likeness (QED) is 0.371. The first-order valence-corrected chi connectivity index (χ1v) is 14.4. The molecule has 42 heavy (non-hydrogen) atoms. The van der Waals surface area contributed by atoms with E-state index in [0.29, 0.717) is 18.5 Å². The lowest BCUT2D eigenvalue weighted by atomic mass is 9.89. The van der Waals surface area contributed by atoms with E-state index in [9.17, 15) is 19.5 Å². The molecule has 2 aromatic carbocycles. The summed E-state index contributed by atoms with van der Waals surface area (Å²) in [7, 11) is 1.65. The van der Waals surface area contributed by atoms with Crippen molar-refractivity contribution in [3.05, 3.63) is 77.1 Å². The summed E-state index contributed by atoms with van der Waals surface area (Å²) >= 11 is 0. The minimum absolute atomic E-state index is 0.0152. The van der Waals surface area contributed by atoms with E-state index in [4.69, 9.17) is 9.47 Å². The van der Waals surface area contributed by atoms with Crippen LogP contribution in [-0.4, -0.2) is 62.2 Å². The average Bonchev–Trinajstić information content (AvgIpc) is 3.47.